The first-order chi connectivity index (χ1) is 11.1. The number of methoxy groups -OCH3 is 1. The second-order valence-electron chi connectivity index (χ2n) is 5.84. The highest BCUT2D eigenvalue weighted by Gasteiger charge is 2.36. The highest BCUT2D eigenvalue weighted by Crippen LogP contribution is 2.37. The molecule has 0 atom stereocenters. The Kier molecular flexibility index (Phi) is 2.94. The molecule has 0 unspecified atom stereocenters. The molecule has 2 aliphatic rings. The summed E-state index contributed by atoms with van der Waals surface area (Å²) in [6.07, 6.45) is 1.98. The fraction of sp³-hybridized carbons (Fsp3) is 0.211. The van der Waals surface area contributed by atoms with E-state index in [4.69, 9.17) is 4.74 Å². The van der Waals surface area contributed by atoms with Crippen LogP contribution in [0.5, 0.6) is 5.75 Å². The number of hydrogen-bond donors (Lipinski definition) is 0. The Morgan fingerprint density at radius 3 is 2.35 bits per heavy atom. The van der Waals surface area contributed by atoms with Gasteiger partial charge in [-0.05, 0) is 30.5 Å². The number of carbonyl (C=O) groups is 3. The van der Waals surface area contributed by atoms with E-state index < -0.39 is 0 Å². The Balaban J connectivity index is 2.04. The van der Waals surface area contributed by atoms with E-state index in [9.17, 15) is 14.4 Å². The van der Waals surface area contributed by atoms with E-state index >= 15 is 0 Å². The first-order valence-corrected chi connectivity index (χ1v) is 7.59. The summed E-state index contributed by atoms with van der Waals surface area (Å²) in [7, 11) is 1.47. The zero-order chi connectivity index (χ0) is 16.1. The number of carbonyl (C=O) groups excluding carboxylic acids is 3. The molecule has 2 aliphatic carbocycles. The number of ketones is 3. The van der Waals surface area contributed by atoms with Crippen molar-refractivity contribution in [2.45, 2.75) is 19.3 Å². The third kappa shape index (κ3) is 1.81. The molecule has 2 aromatic rings. The second-order valence-corrected chi connectivity index (χ2v) is 5.84. The summed E-state index contributed by atoms with van der Waals surface area (Å²) in [5.41, 5.74) is 2.50. The predicted octanol–water partition coefficient (Wildman–Crippen LogP) is 2.99. The summed E-state index contributed by atoms with van der Waals surface area (Å²) in [5, 5.41) is 0. The average molecular weight is 306 g/mol. The van der Waals surface area contributed by atoms with Crippen LogP contribution in [0.25, 0.3) is 0 Å². The third-order valence-corrected chi connectivity index (χ3v) is 4.61. The highest BCUT2D eigenvalue weighted by atomic mass is 16.5. The minimum atomic E-state index is -0.263. The third-order valence-electron chi connectivity index (χ3n) is 4.61. The molecule has 0 saturated carbocycles. The smallest absolute Gasteiger partial charge is 0.198 e. The van der Waals surface area contributed by atoms with Gasteiger partial charge in [0.15, 0.2) is 17.3 Å². The maximum atomic E-state index is 13.0. The molecular weight excluding hydrogens is 292 g/mol. The molecular formula is C19H14O4. The molecule has 0 aromatic heterocycles. The summed E-state index contributed by atoms with van der Waals surface area (Å²) in [4.78, 5) is 38.2. The Morgan fingerprint density at radius 2 is 1.57 bits per heavy atom. The first kappa shape index (κ1) is 13.9. The van der Waals surface area contributed by atoms with Crippen LogP contribution < -0.4 is 4.74 Å². The summed E-state index contributed by atoms with van der Waals surface area (Å²) in [6.45, 7) is 0. The van der Waals surface area contributed by atoms with E-state index in [1.165, 1.54) is 7.11 Å². The standard InChI is InChI=1S/C19H14O4/c1-23-14-7-3-5-11-16(14)18(21)12-9-8-10-4-2-6-13(20)15(10)17(12)19(11)22/h3,5,7-9H,2,4,6H2,1H3. The number of ether oxygens (including phenoxy) is 1. The Labute approximate surface area is 133 Å². The van der Waals surface area contributed by atoms with Crippen molar-refractivity contribution >= 4 is 17.3 Å². The summed E-state index contributed by atoms with van der Waals surface area (Å²) in [5.74, 6) is -0.181. The molecule has 23 heavy (non-hydrogen) atoms. The zero-order valence-corrected chi connectivity index (χ0v) is 12.6. The molecule has 0 heterocycles. The number of fused-ring (bicyclic) bond motifs is 4. The van der Waals surface area contributed by atoms with Gasteiger partial charge in [0.1, 0.15) is 5.75 Å². The van der Waals surface area contributed by atoms with Crippen molar-refractivity contribution < 1.29 is 19.1 Å². The molecule has 0 amide bonds. The topological polar surface area (TPSA) is 60.4 Å². The van der Waals surface area contributed by atoms with Gasteiger partial charge in [-0.15, -0.1) is 0 Å². The Morgan fingerprint density at radius 1 is 0.826 bits per heavy atom. The lowest BCUT2D eigenvalue weighted by Gasteiger charge is -2.24. The molecule has 0 fully saturated rings. The predicted molar refractivity (Wildman–Crippen MR) is 83.6 cm³/mol. The fourth-order valence-corrected chi connectivity index (χ4v) is 3.56. The van der Waals surface area contributed by atoms with Gasteiger partial charge in [0.05, 0.1) is 12.7 Å². The van der Waals surface area contributed by atoms with Crippen LogP contribution >= 0.6 is 0 Å². The van der Waals surface area contributed by atoms with Crippen molar-refractivity contribution in [3.63, 3.8) is 0 Å². The van der Waals surface area contributed by atoms with Crippen LogP contribution in [-0.4, -0.2) is 24.5 Å². The summed E-state index contributed by atoms with van der Waals surface area (Å²) in [6, 6.07) is 8.44. The number of Topliss-reactive ketones (excluding diaryl/α,β-unsaturated/α-hetero) is 1. The summed E-state index contributed by atoms with van der Waals surface area (Å²) < 4.78 is 5.24. The van der Waals surface area contributed by atoms with Crippen LogP contribution in [-0.2, 0) is 6.42 Å². The van der Waals surface area contributed by atoms with Gasteiger partial charge in [0.25, 0.3) is 0 Å². The molecule has 0 bridgehead atoms. The molecule has 0 radical (unpaired) electrons. The van der Waals surface area contributed by atoms with Gasteiger partial charge in [-0.1, -0.05) is 18.2 Å². The van der Waals surface area contributed by atoms with Crippen molar-refractivity contribution in [3.8, 4) is 5.75 Å². The number of aryl methyl sites for hydroxylation is 1. The maximum Gasteiger partial charge on any atom is 0.198 e. The van der Waals surface area contributed by atoms with Gasteiger partial charge in [0, 0.05) is 28.7 Å². The molecule has 0 saturated heterocycles. The average Bonchev–Trinajstić information content (AvgIpc) is 2.58. The largest absolute Gasteiger partial charge is 0.496 e. The number of benzene rings is 2. The number of hydrogen-bond acceptors (Lipinski definition) is 4. The van der Waals surface area contributed by atoms with Crippen molar-refractivity contribution in [2.75, 3.05) is 7.11 Å². The van der Waals surface area contributed by atoms with Gasteiger partial charge < -0.3 is 4.74 Å². The van der Waals surface area contributed by atoms with Crippen molar-refractivity contribution in [2.24, 2.45) is 0 Å². The molecule has 2 aromatic carbocycles. The van der Waals surface area contributed by atoms with Gasteiger partial charge in [0.2, 0.25) is 0 Å². The van der Waals surface area contributed by atoms with Crippen LogP contribution in [0, 0.1) is 0 Å². The first-order valence-electron chi connectivity index (χ1n) is 7.59. The van der Waals surface area contributed by atoms with Crippen LogP contribution in [0.15, 0.2) is 30.3 Å². The Hall–Kier alpha value is -2.75. The van der Waals surface area contributed by atoms with Crippen LogP contribution in [0.2, 0.25) is 0 Å². The van der Waals surface area contributed by atoms with Gasteiger partial charge >= 0.3 is 0 Å². The molecule has 0 N–H and O–H groups in total. The van der Waals surface area contributed by atoms with Crippen LogP contribution in [0.3, 0.4) is 0 Å². The van der Waals surface area contributed by atoms with E-state index in [0.29, 0.717) is 28.9 Å². The van der Waals surface area contributed by atoms with Gasteiger partial charge in [-0.3, -0.25) is 14.4 Å². The van der Waals surface area contributed by atoms with Crippen molar-refractivity contribution in [3.05, 3.63) is 63.7 Å². The molecule has 0 aliphatic heterocycles. The van der Waals surface area contributed by atoms with Crippen LogP contribution in [0.4, 0.5) is 0 Å². The molecule has 4 nitrogen and oxygen atoms in total. The second kappa shape index (κ2) is 4.88. The molecule has 4 heteroatoms. The quantitative estimate of drug-likeness (QED) is 0.693. The minimum Gasteiger partial charge on any atom is -0.496 e. The van der Waals surface area contributed by atoms with E-state index in [-0.39, 0.29) is 28.5 Å². The molecule has 4 rings (SSSR count). The van der Waals surface area contributed by atoms with Gasteiger partial charge in [-0.25, -0.2) is 0 Å². The molecule has 114 valence electrons. The lowest BCUT2D eigenvalue weighted by molar-refractivity contribution is 0.0948. The maximum absolute atomic E-state index is 13.0. The SMILES string of the molecule is COc1cccc2c1C(=O)c1ccc3c(c1C2=O)C(=O)CCC3. The van der Waals surface area contributed by atoms with Crippen LogP contribution in [0.1, 0.15) is 60.6 Å². The van der Waals surface area contributed by atoms with E-state index in [0.717, 1.165) is 18.4 Å². The zero-order valence-electron chi connectivity index (χ0n) is 12.6. The van der Waals surface area contributed by atoms with E-state index in [1.807, 2.05) is 0 Å². The molecule has 0 spiro atoms. The van der Waals surface area contributed by atoms with Crippen molar-refractivity contribution in [1.29, 1.82) is 0 Å². The Bertz CT molecular complexity index is 892. The fourth-order valence-electron chi connectivity index (χ4n) is 3.56. The van der Waals surface area contributed by atoms with Gasteiger partial charge in [-0.2, -0.15) is 0 Å². The van der Waals surface area contributed by atoms with E-state index in [1.54, 1.807) is 30.3 Å². The highest BCUT2D eigenvalue weighted by molar-refractivity contribution is 6.32. The monoisotopic (exact) mass is 306 g/mol. The summed E-state index contributed by atoms with van der Waals surface area (Å²) >= 11 is 0. The lowest BCUT2D eigenvalue weighted by Crippen LogP contribution is -2.26. The van der Waals surface area contributed by atoms with E-state index in [2.05, 4.69) is 0 Å². The minimum absolute atomic E-state index is 0.0457. The normalized spacial score (nSPS) is 15.8. The number of rotatable bonds is 1. The lowest BCUT2D eigenvalue weighted by atomic mass is 9.76. The van der Waals surface area contributed by atoms with Crippen molar-refractivity contribution in [1.82, 2.24) is 0 Å².